The van der Waals surface area contributed by atoms with Crippen LogP contribution in [0.5, 0.6) is 0 Å². The number of aromatic nitrogens is 3. The monoisotopic (exact) mass is 380 g/mol. The zero-order valence-corrected chi connectivity index (χ0v) is 15.7. The Kier molecular flexibility index (Phi) is 4.85. The van der Waals surface area contributed by atoms with E-state index in [0.29, 0.717) is 5.16 Å². The van der Waals surface area contributed by atoms with Crippen LogP contribution in [0, 0.1) is 0 Å². The summed E-state index contributed by atoms with van der Waals surface area (Å²) in [6.45, 7) is 1.82. The molecule has 0 saturated heterocycles. The van der Waals surface area contributed by atoms with Crippen LogP contribution in [0.15, 0.2) is 64.5 Å². The first-order valence-electron chi connectivity index (χ1n) is 8.92. The molecule has 1 aromatic heterocycles. The van der Waals surface area contributed by atoms with Gasteiger partial charge in [0.15, 0.2) is 5.16 Å². The second-order valence-corrected chi connectivity index (χ2v) is 7.88. The minimum Gasteiger partial charge on any atom is -0.325 e. The predicted octanol–water partition coefficient (Wildman–Crippen LogP) is 3.69. The number of amides is 1. The molecule has 1 aliphatic rings. The molecule has 0 spiro atoms. The van der Waals surface area contributed by atoms with Gasteiger partial charge in [0.1, 0.15) is 0 Å². The van der Waals surface area contributed by atoms with Crippen molar-refractivity contribution in [2.24, 2.45) is 0 Å². The van der Waals surface area contributed by atoms with Gasteiger partial charge in [-0.1, -0.05) is 60.3 Å². The number of aromatic amines is 1. The molecule has 1 saturated carbocycles. The van der Waals surface area contributed by atoms with Crippen molar-refractivity contribution in [3.63, 3.8) is 0 Å². The maximum atomic E-state index is 12.7. The van der Waals surface area contributed by atoms with Crippen molar-refractivity contribution in [2.45, 2.75) is 36.2 Å². The highest BCUT2D eigenvalue weighted by Gasteiger charge is 2.30. The van der Waals surface area contributed by atoms with Gasteiger partial charge >= 0.3 is 5.69 Å². The van der Waals surface area contributed by atoms with E-state index in [4.69, 9.17) is 0 Å². The van der Waals surface area contributed by atoms with Gasteiger partial charge in [-0.2, -0.15) is 0 Å². The highest BCUT2D eigenvalue weighted by atomic mass is 32.2. The first-order chi connectivity index (χ1) is 13.1. The Morgan fingerprint density at radius 2 is 1.89 bits per heavy atom. The van der Waals surface area contributed by atoms with E-state index in [1.54, 1.807) is 4.57 Å². The zero-order chi connectivity index (χ0) is 18.8. The smallest absolute Gasteiger partial charge is 0.325 e. The van der Waals surface area contributed by atoms with Gasteiger partial charge in [0, 0.05) is 17.3 Å². The van der Waals surface area contributed by atoms with Gasteiger partial charge < -0.3 is 5.32 Å². The molecular formula is C20H20N4O2S. The number of hydrogen-bond acceptors (Lipinski definition) is 4. The van der Waals surface area contributed by atoms with Crippen molar-refractivity contribution >= 4 is 23.4 Å². The lowest BCUT2D eigenvalue weighted by Gasteiger charge is -2.15. The van der Waals surface area contributed by atoms with Gasteiger partial charge in [-0.05, 0) is 31.4 Å². The first-order valence-corrected chi connectivity index (χ1v) is 9.80. The van der Waals surface area contributed by atoms with Gasteiger partial charge in [-0.3, -0.25) is 9.36 Å². The summed E-state index contributed by atoms with van der Waals surface area (Å²) in [4.78, 5) is 24.6. The Bertz CT molecular complexity index is 1010. The molecule has 1 unspecified atom stereocenters. The summed E-state index contributed by atoms with van der Waals surface area (Å²) < 4.78 is 1.66. The Morgan fingerprint density at radius 3 is 2.63 bits per heavy atom. The minimum absolute atomic E-state index is 0.124. The van der Waals surface area contributed by atoms with Crippen LogP contribution in [-0.4, -0.2) is 25.9 Å². The van der Waals surface area contributed by atoms with Crippen LogP contribution in [0.1, 0.15) is 25.8 Å². The number of H-pyrrole nitrogens is 1. The Morgan fingerprint density at radius 1 is 1.19 bits per heavy atom. The molecule has 1 fully saturated rings. The normalized spacial score (nSPS) is 14.7. The van der Waals surface area contributed by atoms with E-state index in [2.05, 4.69) is 15.5 Å². The Hall–Kier alpha value is -2.80. The van der Waals surface area contributed by atoms with Crippen LogP contribution in [0.2, 0.25) is 0 Å². The second kappa shape index (κ2) is 7.44. The van der Waals surface area contributed by atoms with E-state index >= 15 is 0 Å². The van der Waals surface area contributed by atoms with E-state index in [0.717, 1.165) is 29.7 Å². The molecule has 1 heterocycles. The third kappa shape index (κ3) is 3.83. The number of nitrogens with one attached hydrogen (secondary N) is 2. The van der Waals surface area contributed by atoms with Crippen LogP contribution < -0.4 is 11.0 Å². The summed E-state index contributed by atoms with van der Waals surface area (Å²) >= 11 is 1.30. The number of para-hydroxylation sites is 1. The number of rotatable bonds is 6. The molecule has 2 N–H and O–H groups in total. The fourth-order valence-electron chi connectivity index (χ4n) is 2.94. The fourth-order valence-corrected chi connectivity index (χ4v) is 3.86. The standard InChI is InChI=1S/C20H20N4O2S/c1-13(27-20-23-22-19(26)24(20)15-11-12-15)18(25)21-17-10-6-5-9-16(17)14-7-3-2-4-8-14/h2-10,13,15H,11-12H2,1H3,(H,21,25)(H,22,26). The van der Waals surface area contributed by atoms with Crippen molar-refractivity contribution in [1.82, 2.24) is 14.8 Å². The molecule has 0 aliphatic heterocycles. The number of anilines is 1. The van der Waals surface area contributed by atoms with E-state index < -0.39 is 0 Å². The van der Waals surface area contributed by atoms with Crippen molar-refractivity contribution in [1.29, 1.82) is 0 Å². The van der Waals surface area contributed by atoms with E-state index in [1.165, 1.54) is 11.8 Å². The highest BCUT2D eigenvalue weighted by Crippen LogP contribution is 2.37. The minimum atomic E-state index is -0.387. The third-order valence-corrected chi connectivity index (χ3v) is 5.57. The largest absolute Gasteiger partial charge is 0.344 e. The lowest BCUT2D eigenvalue weighted by Crippen LogP contribution is -2.24. The Labute approximate surface area is 161 Å². The van der Waals surface area contributed by atoms with Crippen LogP contribution in [0.3, 0.4) is 0 Å². The molecule has 1 amide bonds. The summed E-state index contributed by atoms with van der Waals surface area (Å²) in [5.74, 6) is -0.124. The van der Waals surface area contributed by atoms with E-state index in [9.17, 15) is 9.59 Å². The number of carbonyl (C=O) groups is 1. The van der Waals surface area contributed by atoms with E-state index in [1.807, 2.05) is 61.5 Å². The van der Waals surface area contributed by atoms with Gasteiger partial charge in [0.25, 0.3) is 0 Å². The molecule has 0 bridgehead atoms. The summed E-state index contributed by atoms with van der Waals surface area (Å²) in [7, 11) is 0. The predicted molar refractivity (Wildman–Crippen MR) is 107 cm³/mol. The first kappa shape index (κ1) is 17.6. The van der Waals surface area contributed by atoms with Gasteiger partial charge in [-0.25, -0.2) is 9.89 Å². The van der Waals surface area contributed by atoms with Gasteiger partial charge in [-0.15, -0.1) is 5.10 Å². The lowest BCUT2D eigenvalue weighted by atomic mass is 10.0. The molecule has 6 nitrogen and oxygen atoms in total. The van der Waals surface area contributed by atoms with Crippen LogP contribution in [0.4, 0.5) is 5.69 Å². The Balaban J connectivity index is 1.51. The van der Waals surface area contributed by atoms with E-state index in [-0.39, 0.29) is 22.9 Å². The topological polar surface area (TPSA) is 79.8 Å². The van der Waals surface area contributed by atoms with Crippen molar-refractivity contribution in [2.75, 3.05) is 5.32 Å². The molecule has 138 valence electrons. The van der Waals surface area contributed by atoms with Crippen LogP contribution in [0.25, 0.3) is 11.1 Å². The molecule has 27 heavy (non-hydrogen) atoms. The quantitative estimate of drug-likeness (QED) is 0.639. The SMILES string of the molecule is CC(Sc1n[nH]c(=O)n1C1CC1)C(=O)Nc1ccccc1-c1ccccc1. The maximum Gasteiger partial charge on any atom is 0.344 e. The molecule has 2 aromatic carbocycles. The van der Waals surface area contributed by atoms with Crippen molar-refractivity contribution < 1.29 is 4.79 Å². The molecule has 1 aliphatic carbocycles. The number of carbonyl (C=O) groups excluding carboxylic acids is 1. The van der Waals surface area contributed by atoms with Crippen LogP contribution >= 0.6 is 11.8 Å². The molecule has 7 heteroatoms. The summed E-state index contributed by atoms with van der Waals surface area (Å²) in [6.07, 6.45) is 1.97. The average Bonchev–Trinajstić information content (AvgIpc) is 3.46. The molecular weight excluding hydrogens is 360 g/mol. The summed E-state index contributed by atoms with van der Waals surface area (Å²) in [6, 6.07) is 17.9. The fraction of sp³-hybridized carbons (Fsp3) is 0.250. The molecule has 4 rings (SSSR count). The molecule has 0 radical (unpaired) electrons. The van der Waals surface area contributed by atoms with Crippen molar-refractivity contribution in [3.8, 4) is 11.1 Å². The lowest BCUT2D eigenvalue weighted by molar-refractivity contribution is -0.115. The average molecular weight is 380 g/mol. The summed E-state index contributed by atoms with van der Waals surface area (Å²) in [5, 5.41) is 9.77. The maximum absolute atomic E-state index is 12.7. The number of nitrogens with zero attached hydrogens (tertiary/aromatic N) is 2. The molecule has 1 atom stereocenters. The summed E-state index contributed by atoms with van der Waals surface area (Å²) in [5.41, 5.74) is 2.58. The number of thioether (sulfide) groups is 1. The zero-order valence-electron chi connectivity index (χ0n) is 14.9. The van der Waals surface area contributed by atoms with Crippen molar-refractivity contribution in [3.05, 3.63) is 65.1 Å². The third-order valence-electron chi connectivity index (χ3n) is 4.51. The number of benzene rings is 2. The van der Waals surface area contributed by atoms with Crippen LogP contribution in [-0.2, 0) is 4.79 Å². The molecule has 3 aromatic rings. The van der Waals surface area contributed by atoms with Gasteiger partial charge in [0.05, 0.1) is 5.25 Å². The highest BCUT2D eigenvalue weighted by molar-refractivity contribution is 8.00. The second-order valence-electron chi connectivity index (χ2n) is 6.57. The van der Waals surface area contributed by atoms with Gasteiger partial charge in [0.2, 0.25) is 5.91 Å². The number of hydrogen-bond donors (Lipinski definition) is 2.